The van der Waals surface area contributed by atoms with Crippen LogP contribution >= 0.6 is 0 Å². The van der Waals surface area contributed by atoms with E-state index >= 15 is 0 Å². The van der Waals surface area contributed by atoms with Crippen molar-refractivity contribution >= 4 is 0 Å². The molecule has 0 unspecified atom stereocenters. The van der Waals surface area contributed by atoms with Gasteiger partial charge in [0.1, 0.15) is 0 Å². The minimum atomic E-state index is 0.593. The molecular weight excluding hydrogens is 216 g/mol. The molecule has 0 bridgehead atoms. The van der Waals surface area contributed by atoms with E-state index in [9.17, 15) is 0 Å². The summed E-state index contributed by atoms with van der Waals surface area (Å²) in [5.41, 5.74) is 0. The smallest absolute Gasteiger partial charge is 0.240 e. The Morgan fingerprint density at radius 3 is 2.76 bits per heavy atom. The fourth-order valence-corrected chi connectivity index (χ4v) is 2.32. The van der Waals surface area contributed by atoms with Crippen LogP contribution in [-0.2, 0) is 6.54 Å². The Bertz CT molecular complexity index is 331. The summed E-state index contributed by atoms with van der Waals surface area (Å²) in [7, 11) is 0. The summed E-state index contributed by atoms with van der Waals surface area (Å²) in [6, 6.07) is 0.593. The molecule has 2 rings (SSSR count). The van der Waals surface area contributed by atoms with Crippen LogP contribution in [0.4, 0.5) is 0 Å². The minimum Gasteiger partial charge on any atom is -0.338 e. The number of hydrogen-bond acceptors (Lipinski definition) is 5. The Morgan fingerprint density at radius 1 is 1.41 bits per heavy atom. The Balaban J connectivity index is 1.68. The molecule has 5 nitrogen and oxygen atoms in total. The van der Waals surface area contributed by atoms with Crippen LogP contribution in [0.15, 0.2) is 4.52 Å². The Kier molecular flexibility index (Phi) is 4.50. The van der Waals surface area contributed by atoms with Crippen molar-refractivity contribution in [3.63, 3.8) is 0 Å². The van der Waals surface area contributed by atoms with E-state index in [1.54, 1.807) is 0 Å². The van der Waals surface area contributed by atoms with Crippen molar-refractivity contribution in [2.24, 2.45) is 0 Å². The zero-order valence-electron chi connectivity index (χ0n) is 10.8. The van der Waals surface area contributed by atoms with Crippen LogP contribution in [0.3, 0.4) is 0 Å². The summed E-state index contributed by atoms with van der Waals surface area (Å²) in [6.07, 6.45) is 3.68. The van der Waals surface area contributed by atoms with Gasteiger partial charge in [0.15, 0.2) is 5.82 Å². The number of rotatable bonds is 5. The van der Waals surface area contributed by atoms with Gasteiger partial charge in [-0.3, -0.25) is 0 Å². The highest BCUT2D eigenvalue weighted by molar-refractivity contribution is 4.84. The summed E-state index contributed by atoms with van der Waals surface area (Å²) in [5, 5.41) is 7.27. The number of nitrogens with zero attached hydrogens (tertiary/aromatic N) is 3. The van der Waals surface area contributed by atoms with Gasteiger partial charge in [-0.15, -0.1) is 0 Å². The highest BCUT2D eigenvalue weighted by atomic mass is 16.5. The summed E-state index contributed by atoms with van der Waals surface area (Å²) in [4.78, 5) is 6.73. The second-order valence-corrected chi connectivity index (χ2v) is 4.73. The fourth-order valence-electron chi connectivity index (χ4n) is 2.32. The first kappa shape index (κ1) is 12.5. The Morgan fingerprint density at radius 2 is 2.18 bits per heavy atom. The van der Waals surface area contributed by atoms with E-state index in [4.69, 9.17) is 4.52 Å². The zero-order chi connectivity index (χ0) is 12.1. The molecule has 1 aromatic heterocycles. The number of hydrogen-bond donors (Lipinski definition) is 1. The minimum absolute atomic E-state index is 0.593. The van der Waals surface area contributed by atoms with Crippen LogP contribution < -0.4 is 5.32 Å². The molecule has 0 amide bonds. The Hall–Kier alpha value is -0.940. The molecule has 5 heteroatoms. The number of aromatic nitrogens is 2. The third kappa shape index (κ3) is 3.78. The lowest BCUT2D eigenvalue weighted by molar-refractivity contribution is 0.194. The summed E-state index contributed by atoms with van der Waals surface area (Å²) in [6.45, 7) is 8.41. The standard InChI is InChI=1S/C12H22N4O/c1-3-6-16-7-4-11(5-8-16)13-9-12-14-10(2)15-17-12/h11,13H,3-9H2,1-2H3. The number of likely N-dealkylation sites (tertiary alicyclic amines) is 1. The van der Waals surface area contributed by atoms with Crippen LogP contribution in [0.5, 0.6) is 0 Å². The van der Waals surface area contributed by atoms with Gasteiger partial charge in [0.2, 0.25) is 5.89 Å². The summed E-state index contributed by atoms with van der Waals surface area (Å²) >= 11 is 0. The van der Waals surface area contributed by atoms with Gasteiger partial charge in [0.05, 0.1) is 6.54 Å². The monoisotopic (exact) mass is 238 g/mol. The maximum absolute atomic E-state index is 5.08. The van der Waals surface area contributed by atoms with Crippen molar-refractivity contribution in [3.8, 4) is 0 Å². The van der Waals surface area contributed by atoms with Crippen molar-refractivity contribution in [2.45, 2.75) is 45.7 Å². The molecule has 1 fully saturated rings. The predicted octanol–water partition coefficient (Wildman–Crippen LogP) is 1.34. The van der Waals surface area contributed by atoms with E-state index in [0.29, 0.717) is 24.3 Å². The Labute approximate surface area is 103 Å². The predicted molar refractivity (Wildman–Crippen MR) is 65.6 cm³/mol. The average Bonchev–Trinajstić information content (AvgIpc) is 2.75. The van der Waals surface area contributed by atoms with E-state index in [2.05, 4.69) is 27.3 Å². The quantitative estimate of drug-likeness (QED) is 0.839. The zero-order valence-corrected chi connectivity index (χ0v) is 10.8. The molecule has 1 aliphatic heterocycles. The maximum atomic E-state index is 5.08. The molecule has 0 aromatic carbocycles. The van der Waals surface area contributed by atoms with Gasteiger partial charge in [0.25, 0.3) is 0 Å². The van der Waals surface area contributed by atoms with Crippen LogP contribution in [0.2, 0.25) is 0 Å². The SMILES string of the molecule is CCCN1CCC(NCc2nc(C)no2)CC1. The van der Waals surface area contributed by atoms with Crippen LogP contribution in [0.1, 0.15) is 37.9 Å². The molecule has 1 aliphatic rings. The number of piperidine rings is 1. The molecular formula is C12H22N4O. The summed E-state index contributed by atoms with van der Waals surface area (Å²) in [5.74, 6) is 1.40. The van der Waals surface area contributed by atoms with Crippen molar-refractivity contribution in [3.05, 3.63) is 11.7 Å². The highest BCUT2D eigenvalue weighted by Gasteiger charge is 2.18. The van der Waals surface area contributed by atoms with Gasteiger partial charge < -0.3 is 14.7 Å². The molecule has 1 aromatic rings. The fraction of sp³-hybridized carbons (Fsp3) is 0.833. The lowest BCUT2D eigenvalue weighted by Crippen LogP contribution is -2.42. The lowest BCUT2D eigenvalue weighted by Gasteiger charge is -2.31. The van der Waals surface area contributed by atoms with Crippen LogP contribution in [0, 0.1) is 6.92 Å². The van der Waals surface area contributed by atoms with Crippen molar-refractivity contribution in [2.75, 3.05) is 19.6 Å². The maximum Gasteiger partial charge on any atom is 0.240 e. The van der Waals surface area contributed by atoms with Gasteiger partial charge in [0, 0.05) is 6.04 Å². The molecule has 1 N–H and O–H groups in total. The van der Waals surface area contributed by atoms with E-state index < -0.39 is 0 Å². The number of nitrogens with one attached hydrogen (secondary N) is 1. The second kappa shape index (κ2) is 6.12. The molecule has 0 saturated carbocycles. The van der Waals surface area contributed by atoms with Gasteiger partial charge >= 0.3 is 0 Å². The molecule has 0 atom stereocenters. The number of aryl methyl sites for hydroxylation is 1. The van der Waals surface area contributed by atoms with Crippen molar-refractivity contribution in [1.29, 1.82) is 0 Å². The van der Waals surface area contributed by atoms with Crippen LogP contribution in [-0.4, -0.2) is 40.7 Å². The second-order valence-electron chi connectivity index (χ2n) is 4.73. The topological polar surface area (TPSA) is 54.2 Å². The van der Waals surface area contributed by atoms with E-state index in [0.717, 1.165) is 0 Å². The molecule has 2 heterocycles. The van der Waals surface area contributed by atoms with Gasteiger partial charge in [-0.25, -0.2) is 0 Å². The molecule has 0 radical (unpaired) electrons. The van der Waals surface area contributed by atoms with E-state index in [1.807, 2.05) is 6.92 Å². The third-order valence-electron chi connectivity index (χ3n) is 3.24. The van der Waals surface area contributed by atoms with Crippen LogP contribution in [0.25, 0.3) is 0 Å². The average molecular weight is 238 g/mol. The molecule has 0 spiro atoms. The molecule has 0 aliphatic carbocycles. The molecule has 17 heavy (non-hydrogen) atoms. The van der Waals surface area contributed by atoms with Crippen molar-refractivity contribution in [1.82, 2.24) is 20.4 Å². The largest absolute Gasteiger partial charge is 0.338 e. The van der Waals surface area contributed by atoms with Gasteiger partial charge in [-0.05, 0) is 45.8 Å². The third-order valence-corrected chi connectivity index (χ3v) is 3.24. The first-order valence-electron chi connectivity index (χ1n) is 6.53. The summed E-state index contributed by atoms with van der Waals surface area (Å²) < 4.78 is 5.08. The first-order valence-corrected chi connectivity index (χ1v) is 6.53. The lowest BCUT2D eigenvalue weighted by atomic mass is 10.1. The first-order chi connectivity index (χ1) is 8.28. The normalized spacial score (nSPS) is 18.7. The molecule has 1 saturated heterocycles. The van der Waals surface area contributed by atoms with Gasteiger partial charge in [-0.2, -0.15) is 4.98 Å². The van der Waals surface area contributed by atoms with E-state index in [1.165, 1.54) is 38.9 Å². The van der Waals surface area contributed by atoms with E-state index in [-0.39, 0.29) is 0 Å². The van der Waals surface area contributed by atoms with Crippen molar-refractivity contribution < 1.29 is 4.52 Å². The van der Waals surface area contributed by atoms with Gasteiger partial charge in [-0.1, -0.05) is 12.1 Å². The molecule has 96 valence electrons. The highest BCUT2D eigenvalue weighted by Crippen LogP contribution is 2.11.